The number of nitrogens with zero attached hydrogens (tertiary/aromatic N) is 1. The molecule has 6 heteroatoms. The number of hydrogen-bond donors (Lipinski definition) is 2. The SMILES string of the molecule is CCOC(=O)c1ccccc1NC(=O)c1cncc(NCCC(C)C)c1. The number of para-hydroxylation sites is 1. The van der Waals surface area contributed by atoms with Gasteiger partial charge in [0.1, 0.15) is 0 Å². The van der Waals surface area contributed by atoms with Crippen LogP contribution in [0.3, 0.4) is 0 Å². The lowest BCUT2D eigenvalue weighted by atomic mass is 10.1. The molecule has 6 nitrogen and oxygen atoms in total. The third-order valence-corrected chi connectivity index (χ3v) is 3.72. The van der Waals surface area contributed by atoms with Crippen molar-refractivity contribution in [2.75, 3.05) is 23.8 Å². The van der Waals surface area contributed by atoms with E-state index in [4.69, 9.17) is 4.74 Å². The fourth-order valence-electron chi connectivity index (χ4n) is 2.34. The summed E-state index contributed by atoms with van der Waals surface area (Å²) in [4.78, 5) is 28.7. The molecule has 138 valence electrons. The van der Waals surface area contributed by atoms with Crippen LogP contribution in [0.2, 0.25) is 0 Å². The second-order valence-electron chi connectivity index (χ2n) is 6.29. The molecule has 0 saturated heterocycles. The van der Waals surface area contributed by atoms with Gasteiger partial charge >= 0.3 is 5.97 Å². The van der Waals surface area contributed by atoms with E-state index >= 15 is 0 Å². The molecule has 1 amide bonds. The topological polar surface area (TPSA) is 80.3 Å². The number of amides is 1. The maximum absolute atomic E-state index is 12.6. The molecule has 2 rings (SSSR count). The van der Waals surface area contributed by atoms with Crippen molar-refractivity contribution in [3.8, 4) is 0 Å². The molecule has 2 aromatic rings. The maximum Gasteiger partial charge on any atom is 0.340 e. The average Bonchev–Trinajstić information content (AvgIpc) is 2.62. The molecule has 1 aromatic heterocycles. The van der Waals surface area contributed by atoms with Crippen LogP contribution >= 0.6 is 0 Å². The molecule has 0 aliphatic rings. The van der Waals surface area contributed by atoms with Gasteiger partial charge in [-0.1, -0.05) is 26.0 Å². The van der Waals surface area contributed by atoms with Gasteiger partial charge in [0.2, 0.25) is 0 Å². The summed E-state index contributed by atoms with van der Waals surface area (Å²) in [5.41, 5.74) is 1.94. The highest BCUT2D eigenvalue weighted by molar-refractivity contribution is 6.08. The highest BCUT2D eigenvalue weighted by Crippen LogP contribution is 2.18. The van der Waals surface area contributed by atoms with Crippen LogP contribution in [0.15, 0.2) is 42.7 Å². The van der Waals surface area contributed by atoms with Crippen molar-refractivity contribution < 1.29 is 14.3 Å². The molecule has 1 aromatic carbocycles. The minimum absolute atomic E-state index is 0.273. The van der Waals surface area contributed by atoms with E-state index in [1.165, 1.54) is 6.20 Å². The summed E-state index contributed by atoms with van der Waals surface area (Å²) in [6.45, 7) is 7.14. The first-order valence-corrected chi connectivity index (χ1v) is 8.77. The summed E-state index contributed by atoms with van der Waals surface area (Å²) in [6.07, 6.45) is 4.21. The van der Waals surface area contributed by atoms with Crippen LogP contribution in [0.5, 0.6) is 0 Å². The van der Waals surface area contributed by atoms with Crippen LogP contribution in [-0.2, 0) is 4.74 Å². The van der Waals surface area contributed by atoms with Crippen LogP contribution in [0.25, 0.3) is 0 Å². The highest BCUT2D eigenvalue weighted by Gasteiger charge is 2.15. The summed E-state index contributed by atoms with van der Waals surface area (Å²) >= 11 is 0. The van der Waals surface area contributed by atoms with Gasteiger partial charge in [-0.25, -0.2) is 4.79 Å². The average molecular weight is 355 g/mol. The van der Waals surface area contributed by atoms with E-state index in [1.807, 2.05) is 0 Å². The predicted octanol–water partition coefficient (Wildman–Crippen LogP) is 3.97. The molecular weight excluding hydrogens is 330 g/mol. The van der Waals surface area contributed by atoms with Crippen molar-refractivity contribution in [2.45, 2.75) is 27.2 Å². The Morgan fingerprint density at radius 3 is 2.69 bits per heavy atom. The Morgan fingerprint density at radius 1 is 1.19 bits per heavy atom. The molecule has 0 bridgehead atoms. The fraction of sp³-hybridized carbons (Fsp3) is 0.350. The molecule has 0 saturated carbocycles. The van der Waals surface area contributed by atoms with Gasteiger partial charge in [-0.15, -0.1) is 0 Å². The van der Waals surface area contributed by atoms with Crippen molar-refractivity contribution >= 4 is 23.3 Å². The summed E-state index contributed by atoms with van der Waals surface area (Å²) in [5, 5.41) is 6.02. The molecule has 0 aliphatic carbocycles. The highest BCUT2D eigenvalue weighted by atomic mass is 16.5. The lowest BCUT2D eigenvalue weighted by molar-refractivity contribution is 0.0527. The molecular formula is C20H25N3O3. The Labute approximate surface area is 154 Å². The van der Waals surface area contributed by atoms with E-state index < -0.39 is 5.97 Å². The van der Waals surface area contributed by atoms with Gasteiger partial charge < -0.3 is 15.4 Å². The van der Waals surface area contributed by atoms with Gasteiger partial charge in [-0.2, -0.15) is 0 Å². The van der Waals surface area contributed by atoms with Crippen molar-refractivity contribution in [1.82, 2.24) is 4.98 Å². The number of benzene rings is 1. The number of anilines is 2. The molecule has 0 unspecified atom stereocenters. The Morgan fingerprint density at radius 2 is 1.96 bits per heavy atom. The zero-order valence-corrected chi connectivity index (χ0v) is 15.4. The first-order chi connectivity index (χ1) is 12.5. The van der Waals surface area contributed by atoms with Crippen molar-refractivity contribution in [1.29, 1.82) is 0 Å². The zero-order chi connectivity index (χ0) is 18.9. The Bertz CT molecular complexity index is 759. The van der Waals surface area contributed by atoms with E-state index in [-0.39, 0.29) is 12.5 Å². The van der Waals surface area contributed by atoms with E-state index in [9.17, 15) is 9.59 Å². The van der Waals surface area contributed by atoms with Gasteiger partial charge in [-0.05, 0) is 37.5 Å². The number of ether oxygens (including phenoxy) is 1. The van der Waals surface area contributed by atoms with Crippen LogP contribution in [0.4, 0.5) is 11.4 Å². The van der Waals surface area contributed by atoms with Gasteiger partial charge in [0.05, 0.1) is 29.1 Å². The first kappa shape index (κ1) is 19.4. The van der Waals surface area contributed by atoms with Crippen LogP contribution < -0.4 is 10.6 Å². The Balaban J connectivity index is 2.10. The van der Waals surface area contributed by atoms with Crippen LogP contribution in [0.1, 0.15) is 47.9 Å². The predicted molar refractivity (Wildman–Crippen MR) is 103 cm³/mol. The lowest BCUT2D eigenvalue weighted by Gasteiger charge is -2.11. The largest absolute Gasteiger partial charge is 0.462 e. The second-order valence-corrected chi connectivity index (χ2v) is 6.29. The van der Waals surface area contributed by atoms with Gasteiger partial charge in [0.15, 0.2) is 0 Å². The quantitative estimate of drug-likeness (QED) is 0.700. The molecule has 1 heterocycles. The Hall–Kier alpha value is -2.89. The maximum atomic E-state index is 12.6. The minimum Gasteiger partial charge on any atom is -0.462 e. The number of aromatic nitrogens is 1. The second kappa shape index (κ2) is 9.56. The third kappa shape index (κ3) is 5.58. The molecule has 0 spiro atoms. The molecule has 0 fully saturated rings. The third-order valence-electron chi connectivity index (χ3n) is 3.72. The van der Waals surface area contributed by atoms with Gasteiger partial charge in [-0.3, -0.25) is 9.78 Å². The zero-order valence-electron chi connectivity index (χ0n) is 15.4. The monoisotopic (exact) mass is 355 g/mol. The van der Waals surface area contributed by atoms with Crippen molar-refractivity contribution in [3.05, 3.63) is 53.9 Å². The standard InChI is InChI=1S/C20H25N3O3/c1-4-26-20(25)17-7-5-6-8-18(17)23-19(24)15-11-16(13-21-12-15)22-10-9-14(2)3/h5-8,11-14,22H,4,9-10H2,1-3H3,(H,23,24). The lowest BCUT2D eigenvalue weighted by Crippen LogP contribution is -2.16. The van der Waals surface area contributed by atoms with Gasteiger partial charge in [0.25, 0.3) is 5.91 Å². The number of nitrogens with one attached hydrogen (secondary N) is 2. The van der Waals surface area contributed by atoms with E-state index in [0.29, 0.717) is 22.7 Å². The van der Waals surface area contributed by atoms with E-state index in [2.05, 4.69) is 29.5 Å². The minimum atomic E-state index is -0.467. The summed E-state index contributed by atoms with van der Waals surface area (Å²) in [5.74, 6) is -0.200. The molecule has 26 heavy (non-hydrogen) atoms. The fourth-order valence-corrected chi connectivity index (χ4v) is 2.34. The molecule has 0 aliphatic heterocycles. The number of esters is 1. The van der Waals surface area contributed by atoms with E-state index in [0.717, 1.165) is 18.7 Å². The number of carbonyl (C=O) groups is 2. The van der Waals surface area contributed by atoms with Crippen molar-refractivity contribution in [2.24, 2.45) is 5.92 Å². The van der Waals surface area contributed by atoms with Crippen LogP contribution in [0, 0.1) is 5.92 Å². The normalized spacial score (nSPS) is 10.5. The number of hydrogen-bond acceptors (Lipinski definition) is 5. The molecule has 0 radical (unpaired) electrons. The van der Waals surface area contributed by atoms with Gasteiger partial charge in [0, 0.05) is 18.9 Å². The number of pyridine rings is 1. The van der Waals surface area contributed by atoms with Crippen LogP contribution in [-0.4, -0.2) is 30.0 Å². The number of carbonyl (C=O) groups excluding carboxylic acids is 2. The Kier molecular flexibility index (Phi) is 7.14. The summed E-state index contributed by atoms with van der Waals surface area (Å²) in [6, 6.07) is 8.51. The smallest absolute Gasteiger partial charge is 0.340 e. The van der Waals surface area contributed by atoms with Crippen molar-refractivity contribution in [3.63, 3.8) is 0 Å². The number of rotatable bonds is 8. The summed E-state index contributed by atoms with van der Waals surface area (Å²) in [7, 11) is 0. The molecule has 0 atom stereocenters. The van der Waals surface area contributed by atoms with E-state index in [1.54, 1.807) is 43.5 Å². The first-order valence-electron chi connectivity index (χ1n) is 8.77. The summed E-state index contributed by atoms with van der Waals surface area (Å²) < 4.78 is 5.03. The molecule has 2 N–H and O–H groups in total.